The molecule has 1 amide bonds. The highest BCUT2D eigenvalue weighted by atomic mass is 16.2. The second-order valence-corrected chi connectivity index (χ2v) is 5.83. The normalized spacial score (nSPS) is 17.0. The molecule has 0 saturated heterocycles. The van der Waals surface area contributed by atoms with Gasteiger partial charge in [0.2, 0.25) is 0 Å². The molecule has 4 heteroatoms. The first-order chi connectivity index (χ1) is 10.7. The molecule has 1 unspecified atom stereocenters. The number of hydrogen-bond acceptors (Lipinski definition) is 2. The molecule has 0 bridgehead atoms. The molecular formula is C18H17N3O. The van der Waals surface area contributed by atoms with E-state index in [9.17, 15) is 4.79 Å². The summed E-state index contributed by atoms with van der Waals surface area (Å²) in [5.74, 6) is 0.0219. The number of carbonyl (C=O) groups excluding carboxylic acids is 1. The summed E-state index contributed by atoms with van der Waals surface area (Å²) in [6.45, 7) is 3.99. The number of rotatable bonds is 1. The summed E-state index contributed by atoms with van der Waals surface area (Å²) in [4.78, 5) is 19.6. The lowest BCUT2D eigenvalue weighted by molar-refractivity contribution is 0.0975. The van der Waals surface area contributed by atoms with E-state index in [1.165, 1.54) is 5.56 Å². The zero-order chi connectivity index (χ0) is 15.3. The van der Waals surface area contributed by atoms with E-state index in [0.29, 0.717) is 5.69 Å². The topological polar surface area (TPSA) is 37.6 Å². The van der Waals surface area contributed by atoms with Gasteiger partial charge in [0, 0.05) is 17.9 Å². The number of amides is 1. The Morgan fingerprint density at radius 2 is 1.95 bits per heavy atom. The average molecular weight is 291 g/mol. The quantitative estimate of drug-likeness (QED) is 0.690. The Hall–Kier alpha value is -2.62. The SMILES string of the molecule is Cc1nc2ccccn2c1C(=O)N1c2ccccc2CC1C. The molecule has 4 nitrogen and oxygen atoms in total. The van der Waals surface area contributed by atoms with Crippen LogP contribution in [0.5, 0.6) is 0 Å². The van der Waals surface area contributed by atoms with Crippen LogP contribution in [0.4, 0.5) is 5.69 Å². The third-order valence-corrected chi connectivity index (χ3v) is 4.33. The highest BCUT2D eigenvalue weighted by Gasteiger charge is 2.33. The number of nitrogens with zero attached hydrogens (tertiary/aromatic N) is 3. The number of aryl methyl sites for hydroxylation is 1. The summed E-state index contributed by atoms with van der Waals surface area (Å²) in [7, 11) is 0. The highest BCUT2D eigenvalue weighted by Crippen LogP contribution is 2.33. The number of aromatic nitrogens is 2. The predicted molar refractivity (Wildman–Crippen MR) is 86.3 cm³/mol. The Bertz CT molecular complexity index is 881. The van der Waals surface area contributed by atoms with Crippen LogP contribution in [0.1, 0.15) is 28.7 Å². The summed E-state index contributed by atoms with van der Waals surface area (Å²) in [5.41, 5.74) is 4.48. The fraction of sp³-hybridized carbons (Fsp3) is 0.222. The number of imidazole rings is 1. The number of anilines is 1. The van der Waals surface area contributed by atoms with Crippen molar-refractivity contribution in [3.05, 3.63) is 65.6 Å². The molecular weight excluding hydrogens is 274 g/mol. The van der Waals surface area contributed by atoms with E-state index in [2.05, 4.69) is 18.0 Å². The van der Waals surface area contributed by atoms with Crippen LogP contribution in [-0.2, 0) is 6.42 Å². The molecule has 0 fully saturated rings. The first-order valence-electron chi connectivity index (χ1n) is 7.52. The molecule has 1 aromatic carbocycles. The van der Waals surface area contributed by atoms with Gasteiger partial charge in [-0.05, 0) is 44.0 Å². The maximum Gasteiger partial charge on any atom is 0.277 e. The van der Waals surface area contributed by atoms with E-state index in [4.69, 9.17) is 0 Å². The van der Waals surface area contributed by atoms with E-state index < -0.39 is 0 Å². The Morgan fingerprint density at radius 1 is 1.18 bits per heavy atom. The minimum Gasteiger partial charge on any atom is -0.304 e. The summed E-state index contributed by atoms with van der Waals surface area (Å²) in [6.07, 6.45) is 2.80. The van der Waals surface area contributed by atoms with Crippen molar-refractivity contribution >= 4 is 17.2 Å². The molecule has 3 heterocycles. The summed E-state index contributed by atoms with van der Waals surface area (Å²) < 4.78 is 1.88. The van der Waals surface area contributed by atoms with E-state index in [-0.39, 0.29) is 11.9 Å². The van der Waals surface area contributed by atoms with E-state index in [1.807, 2.05) is 58.8 Å². The molecule has 1 aliphatic rings. The number of fused-ring (bicyclic) bond motifs is 2. The first-order valence-corrected chi connectivity index (χ1v) is 7.52. The van der Waals surface area contributed by atoms with Gasteiger partial charge in [-0.2, -0.15) is 0 Å². The number of benzene rings is 1. The van der Waals surface area contributed by atoms with Crippen molar-refractivity contribution in [2.45, 2.75) is 26.3 Å². The maximum atomic E-state index is 13.2. The van der Waals surface area contributed by atoms with Gasteiger partial charge in [-0.15, -0.1) is 0 Å². The fourth-order valence-corrected chi connectivity index (χ4v) is 3.36. The number of carbonyl (C=O) groups is 1. The van der Waals surface area contributed by atoms with Crippen molar-refractivity contribution < 1.29 is 4.79 Å². The van der Waals surface area contributed by atoms with Gasteiger partial charge in [0.15, 0.2) is 0 Å². The lowest BCUT2D eigenvalue weighted by Crippen LogP contribution is -2.36. The Morgan fingerprint density at radius 3 is 2.82 bits per heavy atom. The van der Waals surface area contributed by atoms with Crippen LogP contribution in [0, 0.1) is 6.92 Å². The molecule has 0 spiro atoms. The van der Waals surface area contributed by atoms with Crippen LogP contribution in [0.2, 0.25) is 0 Å². The number of para-hydroxylation sites is 1. The minimum atomic E-state index is 0.0219. The van der Waals surface area contributed by atoms with Gasteiger partial charge < -0.3 is 4.90 Å². The third-order valence-electron chi connectivity index (χ3n) is 4.33. The van der Waals surface area contributed by atoms with Crippen LogP contribution < -0.4 is 4.90 Å². The molecule has 1 aliphatic heterocycles. The summed E-state index contributed by atoms with van der Waals surface area (Å²) in [6, 6.07) is 14.1. The monoisotopic (exact) mass is 291 g/mol. The lowest BCUT2D eigenvalue weighted by atomic mass is 10.1. The smallest absolute Gasteiger partial charge is 0.277 e. The van der Waals surface area contributed by atoms with Crippen molar-refractivity contribution in [1.29, 1.82) is 0 Å². The van der Waals surface area contributed by atoms with Crippen molar-refractivity contribution in [3.8, 4) is 0 Å². The van der Waals surface area contributed by atoms with Gasteiger partial charge in [-0.3, -0.25) is 9.20 Å². The van der Waals surface area contributed by atoms with Gasteiger partial charge in [-0.25, -0.2) is 4.98 Å². The van der Waals surface area contributed by atoms with Gasteiger partial charge in [-0.1, -0.05) is 24.3 Å². The van der Waals surface area contributed by atoms with E-state index in [1.54, 1.807) is 0 Å². The lowest BCUT2D eigenvalue weighted by Gasteiger charge is -2.22. The van der Waals surface area contributed by atoms with Crippen molar-refractivity contribution in [2.75, 3.05) is 4.90 Å². The second kappa shape index (κ2) is 4.70. The van der Waals surface area contributed by atoms with Crippen molar-refractivity contribution in [3.63, 3.8) is 0 Å². The first kappa shape index (κ1) is 13.1. The number of pyridine rings is 1. The molecule has 0 aliphatic carbocycles. The van der Waals surface area contributed by atoms with Crippen molar-refractivity contribution in [2.24, 2.45) is 0 Å². The zero-order valence-corrected chi connectivity index (χ0v) is 12.7. The van der Waals surface area contributed by atoms with E-state index in [0.717, 1.165) is 23.4 Å². The van der Waals surface area contributed by atoms with Crippen molar-refractivity contribution in [1.82, 2.24) is 9.38 Å². The van der Waals surface area contributed by atoms with Crippen LogP contribution in [-0.4, -0.2) is 21.3 Å². The third kappa shape index (κ3) is 1.77. The molecule has 4 rings (SSSR count). The minimum absolute atomic E-state index is 0.0219. The second-order valence-electron chi connectivity index (χ2n) is 5.83. The molecule has 0 saturated carbocycles. The fourth-order valence-electron chi connectivity index (χ4n) is 3.36. The van der Waals surface area contributed by atoms with Gasteiger partial charge in [0.05, 0.1) is 5.69 Å². The molecule has 110 valence electrons. The highest BCUT2D eigenvalue weighted by molar-refractivity contribution is 6.07. The summed E-state index contributed by atoms with van der Waals surface area (Å²) in [5, 5.41) is 0. The van der Waals surface area contributed by atoms with Crippen LogP contribution in [0.15, 0.2) is 48.7 Å². The van der Waals surface area contributed by atoms with Crippen LogP contribution in [0.3, 0.4) is 0 Å². The summed E-state index contributed by atoms with van der Waals surface area (Å²) >= 11 is 0. The van der Waals surface area contributed by atoms with Crippen LogP contribution >= 0.6 is 0 Å². The number of hydrogen-bond donors (Lipinski definition) is 0. The largest absolute Gasteiger partial charge is 0.304 e. The van der Waals surface area contributed by atoms with E-state index >= 15 is 0 Å². The maximum absolute atomic E-state index is 13.2. The molecule has 22 heavy (non-hydrogen) atoms. The zero-order valence-electron chi connectivity index (χ0n) is 12.7. The molecule has 2 aromatic heterocycles. The van der Waals surface area contributed by atoms with Gasteiger partial charge >= 0.3 is 0 Å². The Balaban J connectivity index is 1.86. The molecule has 0 N–H and O–H groups in total. The van der Waals surface area contributed by atoms with Crippen LogP contribution in [0.25, 0.3) is 5.65 Å². The average Bonchev–Trinajstić information content (AvgIpc) is 3.01. The van der Waals surface area contributed by atoms with Gasteiger partial charge in [0.25, 0.3) is 5.91 Å². The Kier molecular flexibility index (Phi) is 2.79. The van der Waals surface area contributed by atoms with Gasteiger partial charge in [0.1, 0.15) is 11.3 Å². The molecule has 1 atom stereocenters. The molecule has 0 radical (unpaired) electrons. The Labute approximate surface area is 129 Å². The predicted octanol–water partition coefficient (Wildman–Crippen LogP) is 3.23. The molecule has 3 aromatic rings. The standard InChI is InChI=1S/C18H17N3O/c1-12-11-14-7-3-4-8-15(14)21(12)18(22)17-13(2)19-16-9-5-6-10-20(16)17/h3-10,12H,11H2,1-2H3.